The van der Waals surface area contributed by atoms with Gasteiger partial charge in [-0.2, -0.15) is 0 Å². The van der Waals surface area contributed by atoms with Gasteiger partial charge in [-0.3, -0.25) is 19.7 Å². The van der Waals surface area contributed by atoms with Gasteiger partial charge in [0.2, 0.25) is 5.91 Å². The number of carbonyl (C=O) groups excluding carboxylic acids is 2. The Morgan fingerprint density at radius 1 is 1.15 bits per heavy atom. The molecular weight excluding hydrogens is 354 g/mol. The fourth-order valence-electron chi connectivity index (χ4n) is 2.24. The van der Waals surface area contributed by atoms with Gasteiger partial charge in [0.05, 0.1) is 10.7 Å². The molecule has 2 N–H and O–H groups in total. The van der Waals surface area contributed by atoms with E-state index in [0.717, 1.165) is 17.7 Å². The molecule has 1 aliphatic rings. The Hall–Kier alpha value is -2.87. The summed E-state index contributed by atoms with van der Waals surface area (Å²) >= 11 is 1.28. The van der Waals surface area contributed by atoms with Crippen LogP contribution >= 0.6 is 11.8 Å². The highest BCUT2D eigenvalue weighted by Gasteiger charge is 2.23. The number of anilines is 1. The molecule has 1 fully saturated rings. The topological polar surface area (TPSA) is 101 Å². The van der Waals surface area contributed by atoms with Gasteiger partial charge in [0.1, 0.15) is 0 Å². The first-order valence-electron chi connectivity index (χ1n) is 8.09. The lowest BCUT2D eigenvalue weighted by Crippen LogP contribution is -2.25. The highest BCUT2D eigenvalue weighted by molar-refractivity contribution is 8.00. The Morgan fingerprint density at radius 2 is 1.88 bits per heavy atom. The first-order valence-corrected chi connectivity index (χ1v) is 9.08. The number of nitro groups is 1. The van der Waals surface area contributed by atoms with Gasteiger partial charge in [0, 0.05) is 34.3 Å². The molecule has 0 heterocycles. The first kappa shape index (κ1) is 17.9. The van der Waals surface area contributed by atoms with Gasteiger partial charge in [-0.1, -0.05) is 6.07 Å². The fourth-order valence-corrected chi connectivity index (χ4v) is 2.94. The highest BCUT2D eigenvalue weighted by atomic mass is 32.2. The Labute approximate surface area is 154 Å². The standard InChI is InChI=1S/C18H17N3O4S/c22-17(11-26-16-8-6-15(7-9-16)21(24)25)19-14-3-1-2-12(10-14)18(23)20-13-4-5-13/h1-3,6-10,13H,4-5,11H2,(H,19,22)(H,20,23). The molecule has 1 saturated carbocycles. The Morgan fingerprint density at radius 3 is 2.54 bits per heavy atom. The average molecular weight is 371 g/mol. The summed E-state index contributed by atoms with van der Waals surface area (Å²) in [5.41, 5.74) is 1.08. The summed E-state index contributed by atoms with van der Waals surface area (Å²) in [5.74, 6) is -0.187. The van der Waals surface area contributed by atoms with Crippen molar-refractivity contribution in [2.45, 2.75) is 23.8 Å². The second kappa shape index (κ2) is 8.01. The van der Waals surface area contributed by atoms with Crippen molar-refractivity contribution in [3.8, 4) is 0 Å². The molecule has 0 aromatic heterocycles. The van der Waals surface area contributed by atoms with E-state index in [2.05, 4.69) is 10.6 Å². The molecule has 3 rings (SSSR count). The van der Waals surface area contributed by atoms with Crippen LogP contribution in [0, 0.1) is 10.1 Å². The molecule has 0 spiro atoms. The fraction of sp³-hybridized carbons (Fsp3) is 0.222. The lowest BCUT2D eigenvalue weighted by Gasteiger charge is -2.08. The molecule has 0 saturated heterocycles. The van der Waals surface area contributed by atoms with E-state index < -0.39 is 4.92 Å². The average Bonchev–Trinajstić information content (AvgIpc) is 3.44. The van der Waals surface area contributed by atoms with E-state index in [1.165, 1.54) is 23.9 Å². The van der Waals surface area contributed by atoms with Gasteiger partial charge in [0.15, 0.2) is 0 Å². The minimum atomic E-state index is -0.465. The van der Waals surface area contributed by atoms with Crippen LogP contribution in [0.1, 0.15) is 23.2 Å². The Kier molecular flexibility index (Phi) is 5.52. The zero-order valence-corrected chi connectivity index (χ0v) is 14.6. The predicted octanol–water partition coefficient (Wildman–Crippen LogP) is 3.22. The van der Waals surface area contributed by atoms with Crippen molar-refractivity contribution < 1.29 is 14.5 Å². The van der Waals surface area contributed by atoms with Gasteiger partial charge in [-0.05, 0) is 43.2 Å². The van der Waals surface area contributed by atoms with E-state index in [1.54, 1.807) is 36.4 Å². The zero-order valence-electron chi connectivity index (χ0n) is 13.8. The molecular formula is C18H17N3O4S. The van der Waals surface area contributed by atoms with Crippen LogP contribution < -0.4 is 10.6 Å². The van der Waals surface area contributed by atoms with E-state index in [9.17, 15) is 19.7 Å². The van der Waals surface area contributed by atoms with Gasteiger partial charge >= 0.3 is 0 Å². The normalized spacial score (nSPS) is 13.1. The molecule has 2 aromatic rings. The molecule has 0 aliphatic heterocycles. The summed E-state index contributed by atoms with van der Waals surface area (Å²) in [5, 5.41) is 16.3. The number of rotatable bonds is 7. The maximum absolute atomic E-state index is 12.1. The minimum Gasteiger partial charge on any atom is -0.349 e. The van der Waals surface area contributed by atoms with Crippen LogP contribution in [-0.2, 0) is 4.79 Å². The molecule has 7 nitrogen and oxygen atoms in total. The summed E-state index contributed by atoms with van der Waals surface area (Å²) in [6.45, 7) is 0. The van der Waals surface area contributed by atoms with Crippen molar-refractivity contribution >= 4 is 35.0 Å². The highest BCUT2D eigenvalue weighted by Crippen LogP contribution is 2.22. The van der Waals surface area contributed by atoms with Gasteiger partial charge in [-0.25, -0.2) is 0 Å². The summed E-state index contributed by atoms with van der Waals surface area (Å²) in [7, 11) is 0. The van der Waals surface area contributed by atoms with Gasteiger partial charge in [-0.15, -0.1) is 11.8 Å². The third-order valence-electron chi connectivity index (χ3n) is 3.74. The maximum atomic E-state index is 12.1. The first-order chi connectivity index (χ1) is 12.5. The number of hydrogen-bond acceptors (Lipinski definition) is 5. The number of nitro benzene ring substituents is 1. The van der Waals surface area contributed by atoms with Gasteiger partial charge in [0.25, 0.3) is 11.6 Å². The van der Waals surface area contributed by atoms with Gasteiger partial charge < -0.3 is 10.6 Å². The van der Waals surface area contributed by atoms with E-state index >= 15 is 0 Å². The van der Waals surface area contributed by atoms with Crippen LogP contribution in [0.4, 0.5) is 11.4 Å². The van der Waals surface area contributed by atoms with E-state index in [1.807, 2.05) is 0 Å². The summed E-state index contributed by atoms with van der Waals surface area (Å²) in [6, 6.07) is 13.1. The number of carbonyl (C=O) groups is 2. The van der Waals surface area contributed by atoms with Crippen molar-refractivity contribution in [2.24, 2.45) is 0 Å². The van der Waals surface area contributed by atoms with E-state index in [0.29, 0.717) is 11.3 Å². The van der Waals surface area contributed by atoms with Crippen LogP contribution in [-0.4, -0.2) is 28.5 Å². The Balaban J connectivity index is 1.52. The van der Waals surface area contributed by atoms with Crippen molar-refractivity contribution in [2.75, 3.05) is 11.1 Å². The largest absolute Gasteiger partial charge is 0.349 e. The monoisotopic (exact) mass is 371 g/mol. The smallest absolute Gasteiger partial charge is 0.269 e. The quantitative estimate of drug-likeness (QED) is 0.442. The molecule has 0 unspecified atom stereocenters. The van der Waals surface area contributed by atoms with Crippen molar-refractivity contribution in [3.05, 3.63) is 64.2 Å². The summed E-state index contributed by atoms with van der Waals surface area (Å²) in [6.07, 6.45) is 2.03. The summed E-state index contributed by atoms with van der Waals surface area (Å²) < 4.78 is 0. The van der Waals surface area contributed by atoms with Crippen LogP contribution in [0.25, 0.3) is 0 Å². The van der Waals surface area contributed by atoms with Crippen LogP contribution in [0.2, 0.25) is 0 Å². The number of hydrogen-bond donors (Lipinski definition) is 2. The molecule has 1 aliphatic carbocycles. The number of thioether (sulfide) groups is 1. The molecule has 2 amide bonds. The SMILES string of the molecule is O=C(CSc1ccc([N+](=O)[O-])cc1)Nc1cccc(C(=O)NC2CC2)c1. The third kappa shape index (κ3) is 5.06. The lowest BCUT2D eigenvalue weighted by molar-refractivity contribution is -0.384. The molecule has 2 aromatic carbocycles. The second-order valence-corrected chi connectivity index (χ2v) is 6.97. The number of nitrogens with one attached hydrogen (secondary N) is 2. The Bertz CT molecular complexity index is 835. The summed E-state index contributed by atoms with van der Waals surface area (Å²) in [4.78, 5) is 35.1. The number of benzene rings is 2. The zero-order chi connectivity index (χ0) is 18.5. The predicted molar refractivity (Wildman–Crippen MR) is 99.4 cm³/mol. The van der Waals surface area contributed by atoms with Crippen LogP contribution in [0.15, 0.2) is 53.4 Å². The number of amides is 2. The van der Waals surface area contributed by atoms with Crippen LogP contribution in [0.5, 0.6) is 0 Å². The van der Waals surface area contributed by atoms with E-state index in [-0.39, 0.29) is 29.3 Å². The van der Waals surface area contributed by atoms with Crippen LogP contribution in [0.3, 0.4) is 0 Å². The molecule has 0 radical (unpaired) electrons. The third-order valence-corrected chi connectivity index (χ3v) is 4.75. The maximum Gasteiger partial charge on any atom is 0.269 e. The van der Waals surface area contributed by atoms with E-state index in [4.69, 9.17) is 0 Å². The van der Waals surface area contributed by atoms with Crippen molar-refractivity contribution in [1.29, 1.82) is 0 Å². The molecule has 0 atom stereocenters. The lowest BCUT2D eigenvalue weighted by atomic mass is 10.2. The number of nitrogens with zero attached hydrogens (tertiary/aromatic N) is 1. The number of non-ortho nitro benzene ring substituents is 1. The second-order valence-electron chi connectivity index (χ2n) is 5.92. The minimum absolute atomic E-state index is 0.0140. The molecule has 0 bridgehead atoms. The molecule has 26 heavy (non-hydrogen) atoms. The molecule has 8 heteroatoms. The van der Waals surface area contributed by atoms with Crippen molar-refractivity contribution in [3.63, 3.8) is 0 Å². The van der Waals surface area contributed by atoms with Crippen molar-refractivity contribution in [1.82, 2.24) is 5.32 Å². The molecule has 134 valence electrons.